The van der Waals surface area contributed by atoms with Crippen LogP contribution in [0.2, 0.25) is 0 Å². The van der Waals surface area contributed by atoms with E-state index in [4.69, 9.17) is 28.1 Å². The van der Waals surface area contributed by atoms with E-state index in [1.165, 1.54) is 17.8 Å². The Morgan fingerprint density at radius 2 is 0.600 bits per heavy atom. The molecule has 0 aliphatic rings. The van der Waals surface area contributed by atoms with E-state index in [0.29, 0.717) is 11.6 Å². The Bertz CT molecular complexity index is 4880. The van der Waals surface area contributed by atoms with Gasteiger partial charge in [0.05, 0.1) is 16.6 Å². The molecule has 0 atom stereocenters. The topological polar surface area (TPSA) is 80.5 Å². The summed E-state index contributed by atoms with van der Waals surface area (Å²) in [5, 5.41) is 0. The standard InChI is InChI=1S/C15H17N5.S55/c1-15(2,3)14-17-8-9(12(16)20-14)13-18-10-6-4-5-7-11(10)19-13;1-3-5-7-9-11-13-15-17-19-21-23-25-27-29-31-33-35-37-39-41-43-45-47-49-51-53-55-54-52-50-48-46-44-42-40-38-36-34-32-30-28-26-24-22-20-18-16-14-12-10-8-6-4-2/h4-8H,1-3H3,(H,18,19)(H2,16,17,20);. The Morgan fingerprint density at radius 1 is 0.360 bits per heavy atom. The van der Waals surface area contributed by atoms with Gasteiger partial charge in [-0.25, -0.2) is 15.0 Å². The van der Waals surface area contributed by atoms with Gasteiger partial charge in [-0.1, -0.05) is 32.9 Å². The maximum atomic E-state index is 6.06. The predicted molar refractivity (Wildman–Crippen MR) is 485 cm³/mol. The lowest BCUT2D eigenvalue weighted by Gasteiger charge is -2.16. The third-order valence-corrected chi connectivity index (χ3v) is 120. The molecule has 1 aromatic carbocycles. The van der Waals surface area contributed by atoms with E-state index in [9.17, 15) is 0 Å². The van der Waals surface area contributed by atoms with E-state index in [1.54, 1.807) is 113 Å². The Morgan fingerprint density at radius 3 is 0.813 bits per heavy atom. The van der Waals surface area contributed by atoms with Crippen LogP contribution < -0.4 is 5.73 Å². The first-order valence-electron chi connectivity index (χ1n) is 15.5. The van der Waals surface area contributed by atoms with Crippen LogP contribution in [-0.4, -0.2) is 19.9 Å². The third kappa shape index (κ3) is 51.9. The number of nitrogens with two attached hydrogens (primary N) is 1. The number of benzene rings is 1. The zero-order valence-electron chi connectivity index (χ0n) is 34.3. The van der Waals surface area contributed by atoms with Gasteiger partial charge in [-0.2, -0.15) is 0 Å². The van der Waals surface area contributed by atoms with Crippen molar-refractivity contribution < 1.29 is 0 Å². The van der Waals surface area contributed by atoms with E-state index in [1.807, 2.05) is 371 Å². The fraction of sp³-hybridized carbons (Fsp3) is 0.267. The number of fused-ring (bicyclic) bond motifs is 1. The van der Waals surface area contributed by atoms with Gasteiger partial charge >= 0.3 is 0 Å². The molecule has 60 heteroatoms. The van der Waals surface area contributed by atoms with Crippen molar-refractivity contribution in [3.8, 4) is 11.4 Å². The number of hydrogen-bond acceptors (Lipinski definition) is 6. The molecule has 3 aromatic rings. The summed E-state index contributed by atoms with van der Waals surface area (Å²) < 4.78 is 0. The summed E-state index contributed by atoms with van der Waals surface area (Å²) in [6, 6.07) is 7.85. The first-order valence-corrected chi connectivity index (χ1v) is 87.5. The number of aromatic nitrogens is 4. The first-order chi connectivity index (χ1) is 36.9. The molecule has 0 aliphatic carbocycles. The first kappa shape index (κ1) is 80.8. The van der Waals surface area contributed by atoms with Crippen LogP contribution in [0, 0.1) is 0 Å². The Kier molecular flexibility index (Phi) is 67.3. The van der Waals surface area contributed by atoms with Gasteiger partial charge in [0.25, 0.3) is 0 Å². The molecule has 5 nitrogen and oxygen atoms in total. The van der Waals surface area contributed by atoms with Gasteiger partial charge in [-0.3, -0.25) is 0 Å². The average Bonchev–Trinajstić information content (AvgIpc) is 3.84. The highest BCUT2D eigenvalue weighted by Crippen LogP contribution is 2.26. The normalized spacial score (nSPS) is 8.89. The molecule has 3 rings (SSSR count). The van der Waals surface area contributed by atoms with Crippen LogP contribution in [0.25, 0.3) is 22.4 Å². The van der Waals surface area contributed by atoms with Gasteiger partial charge < -0.3 is 10.7 Å². The number of imidazole rings is 1. The van der Waals surface area contributed by atoms with Crippen molar-refractivity contribution >= 4 is 510 Å². The largest absolute Gasteiger partial charge is 0.383 e. The predicted octanol–water partition coefficient (Wildman–Crippen LogP) is 2.77. The van der Waals surface area contributed by atoms with Crippen LogP contribution in [0.15, 0.2) is 30.5 Å². The summed E-state index contributed by atoms with van der Waals surface area (Å²) in [7, 11) is 94.9. The highest BCUT2D eigenvalue weighted by Gasteiger charge is 2.19. The second-order valence-electron chi connectivity index (χ2n) is 9.45. The van der Waals surface area contributed by atoms with Gasteiger partial charge in [0, 0.05) is 505 Å². The molecule has 2 aromatic heterocycles. The van der Waals surface area contributed by atoms with Gasteiger partial charge in [0.2, 0.25) is 0 Å². The van der Waals surface area contributed by atoms with Crippen molar-refractivity contribution in [1.82, 2.24) is 19.9 Å². The molecule has 0 spiro atoms. The maximum Gasteiger partial charge on any atom is 0.143 e. The van der Waals surface area contributed by atoms with Crippen molar-refractivity contribution in [2.45, 2.75) is 26.2 Å². The number of anilines is 1. The Hall–Kier alpha value is 9.67. The highest BCUT2D eigenvalue weighted by atomic mass is 33.5. The summed E-state index contributed by atoms with van der Waals surface area (Å²) in [6.45, 7) is 6.17. The number of H-pyrrole nitrogens is 1. The molecule has 75 heavy (non-hydrogen) atoms. The minimum absolute atomic E-state index is 0.124. The molecule has 432 valence electrons. The van der Waals surface area contributed by atoms with Crippen LogP contribution in [0.4, 0.5) is 5.82 Å². The number of aromatic amines is 1. The van der Waals surface area contributed by atoms with Crippen LogP contribution in [-0.2, 0) is 498 Å². The van der Waals surface area contributed by atoms with E-state index in [0.717, 1.165) is 22.4 Å². The number of rotatable bonds is 1. The van der Waals surface area contributed by atoms with Gasteiger partial charge in [0.15, 0.2) is 0 Å². The lowest BCUT2D eigenvalue weighted by molar-refractivity contribution is 0.546. The summed E-state index contributed by atoms with van der Waals surface area (Å²) >= 11 is 9.63. The zero-order valence-corrected chi connectivity index (χ0v) is 79.2. The molecule has 0 radical (unpaired) electrons. The fourth-order valence-electron chi connectivity index (χ4n) is 2.60. The monoisotopic (exact) mass is 2030 g/mol. The lowest BCUT2D eigenvalue weighted by atomic mass is 9.95. The van der Waals surface area contributed by atoms with Gasteiger partial charge in [-0.15, -0.1) is 0 Å². The molecule has 0 aliphatic heterocycles. The summed E-state index contributed by atoms with van der Waals surface area (Å²) in [6.07, 6.45) is 1.74. The molecule has 0 bridgehead atoms. The van der Waals surface area contributed by atoms with Crippen molar-refractivity contribution in [2.75, 3.05) is 5.73 Å². The molecular formula is C15H17N5S55. The van der Waals surface area contributed by atoms with E-state index in [-0.39, 0.29) is 5.41 Å². The molecule has 3 N–H and O–H groups in total. The van der Waals surface area contributed by atoms with Crippen molar-refractivity contribution in [3.63, 3.8) is 0 Å². The maximum absolute atomic E-state index is 6.06. The van der Waals surface area contributed by atoms with Crippen LogP contribution >= 0.6 is 0 Å². The Balaban J connectivity index is 0.000000785. The number of nitrogens with zero attached hydrogens (tertiary/aromatic N) is 3. The number of para-hydroxylation sites is 2. The zero-order chi connectivity index (χ0) is 53.8. The lowest BCUT2D eigenvalue weighted by Crippen LogP contribution is -2.17. The van der Waals surface area contributed by atoms with Gasteiger partial charge in [-0.05, 0) is 12.1 Å². The minimum Gasteiger partial charge on any atom is -0.383 e. The molecule has 0 amide bonds. The second kappa shape index (κ2) is 62.5. The summed E-state index contributed by atoms with van der Waals surface area (Å²) in [5.74, 6) is 1.88. The minimum atomic E-state index is -0.124. The third-order valence-electron chi connectivity index (χ3n) is 4.58. The molecule has 0 fully saturated rings. The average molecular weight is 2030 g/mol. The van der Waals surface area contributed by atoms with Crippen LogP contribution in [0.5, 0.6) is 0 Å². The molecule has 0 unspecified atom stereocenters. The fourth-order valence-corrected chi connectivity index (χ4v) is 143. The van der Waals surface area contributed by atoms with E-state index in [2.05, 4.69) is 40.7 Å². The number of nitrogen functional groups attached to an aromatic ring is 1. The summed E-state index contributed by atoms with van der Waals surface area (Å²) in [4.78, 5) is 16.6. The summed E-state index contributed by atoms with van der Waals surface area (Å²) in [5.41, 5.74) is 8.55. The molecule has 0 saturated carbocycles. The number of nitrogens with one attached hydrogen (secondary N) is 1. The quantitative estimate of drug-likeness (QED) is 0.391. The van der Waals surface area contributed by atoms with Crippen molar-refractivity contribution in [1.29, 1.82) is 0 Å². The number of hydrogen-bond donors (Lipinski definition) is 2. The van der Waals surface area contributed by atoms with Crippen LogP contribution in [0.1, 0.15) is 26.6 Å². The molecule has 0 saturated heterocycles. The van der Waals surface area contributed by atoms with E-state index >= 15 is 0 Å². The van der Waals surface area contributed by atoms with Gasteiger partial charge in [0.1, 0.15) is 17.5 Å². The van der Waals surface area contributed by atoms with E-state index < -0.39 is 0 Å². The SMILES string of the molecule is CC(C)(C)c1ncc(-c2nc3ccccc3[nH]2)c(N)n1.S=S=S=S=S=S=S=S=S=S=S=S=S=S=S=S=S=S=S=S=S=S=S=S=S=S=S=S=S=S=S=S=S=S=S=S=S=S=S=S=S=S=S=S=S=S=S=S=S=S=S=S=S=S=S. The van der Waals surface area contributed by atoms with Crippen molar-refractivity contribution in [3.05, 3.63) is 36.3 Å². The van der Waals surface area contributed by atoms with Crippen molar-refractivity contribution in [2.24, 2.45) is 0 Å². The Labute approximate surface area is 593 Å². The highest BCUT2D eigenvalue weighted by molar-refractivity contribution is 8.82. The second-order valence-corrected chi connectivity index (χ2v) is 103. The van der Waals surface area contributed by atoms with Crippen LogP contribution in [0.3, 0.4) is 0 Å². The molecular weight excluding hydrogens is 2010 g/mol. The molecule has 2 heterocycles. The smallest absolute Gasteiger partial charge is 0.143 e.